The Balaban J connectivity index is 2.03. The second-order valence-corrected chi connectivity index (χ2v) is 6.16. The SMILES string of the molecule is CN1CCN(Cc2ccc(C(=O)Cl)cc2I)CC1. The molecule has 1 fully saturated rings. The molecule has 1 aliphatic rings. The Kier molecular flexibility index (Phi) is 5.00. The Hall–Kier alpha value is -0.170. The predicted octanol–water partition coefficient (Wildman–Crippen LogP) is 2.42. The van der Waals surface area contributed by atoms with Crippen LogP contribution in [0.1, 0.15) is 15.9 Å². The lowest BCUT2D eigenvalue weighted by molar-refractivity contribution is 0.108. The second kappa shape index (κ2) is 6.32. The Bertz CT molecular complexity index is 445. The third-order valence-electron chi connectivity index (χ3n) is 3.27. The normalized spacial score (nSPS) is 17.9. The fourth-order valence-electron chi connectivity index (χ4n) is 2.04. The van der Waals surface area contributed by atoms with Crippen molar-refractivity contribution in [2.45, 2.75) is 6.54 Å². The van der Waals surface area contributed by atoms with Gasteiger partial charge < -0.3 is 4.90 Å². The van der Waals surface area contributed by atoms with Crippen molar-refractivity contribution in [1.29, 1.82) is 0 Å². The number of carbonyl (C=O) groups excluding carboxylic acids is 1. The zero-order valence-corrected chi connectivity index (χ0v) is 13.2. The van der Waals surface area contributed by atoms with Gasteiger partial charge in [-0.05, 0) is 58.9 Å². The van der Waals surface area contributed by atoms with Gasteiger partial charge in [-0.3, -0.25) is 9.69 Å². The van der Waals surface area contributed by atoms with Crippen molar-refractivity contribution in [3.63, 3.8) is 0 Å². The molecule has 3 nitrogen and oxygen atoms in total. The molecule has 0 unspecified atom stereocenters. The molecular formula is C13H16ClIN2O. The number of carbonyl (C=O) groups is 1. The molecule has 0 N–H and O–H groups in total. The quantitative estimate of drug-likeness (QED) is 0.596. The molecule has 0 saturated carbocycles. The standard InChI is InChI=1S/C13H16ClIN2O/c1-16-4-6-17(7-5-16)9-11-3-2-10(13(14)18)8-12(11)15/h2-3,8H,4-7,9H2,1H3. The van der Waals surface area contributed by atoms with Crippen LogP contribution in [0, 0.1) is 3.57 Å². The first kappa shape index (κ1) is 14.2. The molecule has 1 aromatic carbocycles. The lowest BCUT2D eigenvalue weighted by Gasteiger charge is -2.32. The minimum absolute atomic E-state index is 0.390. The molecule has 0 spiro atoms. The number of rotatable bonds is 3. The maximum absolute atomic E-state index is 11.1. The molecule has 0 radical (unpaired) electrons. The maximum atomic E-state index is 11.1. The summed E-state index contributed by atoms with van der Waals surface area (Å²) >= 11 is 7.75. The van der Waals surface area contributed by atoms with Gasteiger partial charge in [0.25, 0.3) is 5.24 Å². The predicted molar refractivity (Wildman–Crippen MR) is 82.1 cm³/mol. The first-order chi connectivity index (χ1) is 8.56. The molecule has 2 rings (SSSR count). The maximum Gasteiger partial charge on any atom is 0.252 e. The highest BCUT2D eigenvalue weighted by atomic mass is 127. The summed E-state index contributed by atoms with van der Waals surface area (Å²) in [4.78, 5) is 15.9. The van der Waals surface area contributed by atoms with E-state index in [1.165, 1.54) is 5.56 Å². The van der Waals surface area contributed by atoms with Crippen LogP contribution < -0.4 is 0 Å². The summed E-state index contributed by atoms with van der Waals surface area (Å²) in [6, 6.07) is 5.68. The fraction of sp³-hybridized carbons (Fsp3) is 0.462. The summed E-state index contributed by atoms with van der Waals surface area (Å²) in [5, 5.41) is -0.390. The van der Waals surface area contributed by atoms with Crippen molar-refractivity contribution in [3.05, 3.63) is 32.9 Å². The van der Waals surface area contributed by atoms with E-state index < -0.39 is 0 Å². The second-order valence-electron chi connectivity index (χ2n) is 4.66. The number of halogens is 2. The molecule has 0 aromatic heterocycles. The van der Waals surface area contributed by atoms with E-state index in [2.05, 4.69) is 39.4 Å². The van der Waals surface area contributed by atoms with Crippen LogP contribution in [0.15, 0.2) is 18.2 Å². The van der Waals surface area contributed by atoms with Gasteiger partial charge in [-0.15, -0.1) is 0 Å². The van der Waals surface area contributed by atoms with E-state index in [1.54, 1.807) is 0 Å². The van der Waals surface area contributed by atoms with Gasteiger partial charge in [-0.2, -0.15) is 0 Å². The van der Waals surface area contributed by atoms with Gasteiger partial charge >= 0.3 is 0 Å². The van der Waals surface area contributed by atoms with Gasteiger partial charge in [0.15, 0.2) is 0 Å². The summed E-state index contributed by atoms with van der Waals surface area (Å²) < 4.78 is 1.11. The third-order valence-corrected chi connectivity index (χ3v) is 4.49. The van der Waals surface area contributed by atoms with Gasteiger partial charge in [-0.25, -0.2) is 0 Å². The highest BCUT2D eigenvalue weighted by Gasteiger charge is 2.15. The van der Waals surface area contributed by atoms with E-state index in [0.717, 1.165) is 36.3 Å². The van der Waals surface area contributed by atoms with Crippen LogP contribution in [0.4, 0.5) is 0 Å². The van der Waals surface area contributed by atoms with E-state index in [4.69, 9.17) is 11.6 Å². The van der Waals surface area contributed by atoms with Gasteiger partial charge in [-0.1, -0.05) is 6.07 Å². The molecule has 1 aromatic rings. The van der Waals surface area contributed by atoms with Gasteiger partial charge in [0.2, 0.25) is 0 Å². The van der Waals surface area contributed by atoms with E-state index >= 15 is 0 Å². The lowest BCUT2D eigenvalue weighted by atomic mass is 10.1. The Morgan fingerprint density at radius 2 is 2.00 bits per heavy atom. The Morgan fingerprint density at radius 3 is 2.56 bits per heavy atom. The smallest absolute Gasteiger partial charge is 0.252 e. The number of nitrogens with zero attached hydrogens (tertiary/aromatic N) is 2. The van der Waals surface area contributed by atoms with E-state index in [0.29, 0.717) is 5.56 Å². The van der Waals surface area contributed by atoms with Crippen LogP contribution in [0.3, 0.4) is 0 Å². The average Bonchev–Trinajstić information content (AvgIpc) is 2.34. The van der Waals surface area contributed by atoms with Gasteiger partial charge in [0.05, 0.1) is 0 Å². The van der Waals surface area contributed by atoms with Crippen molar-refractivity contribution >= 4 is 39.4 Å². The fourth-order valence-corrected chi connectivity index (χ4v) is 2.85. The van der Waals surface area contributed by atoms with Crippen LogP contribution in [-0.2, 0) is 6.54 Å². The highest BCUT2D eigenvalue weighted by Crippen LogP contribution is 2.18. The molecule has 0 amide bonds. The van der Waals surface area contributed by atoms with Gasteiger partial charge in [0.1, 0.15) is 0 Å². The number of likely N-dealkylation sites (N-methyl/N-ethyl adjacent to an activating group) is 1. The monoisotopic (exact) mass is 378 g/mol. The zero-order chi connectivity index (χ0) is 13.1. The molecule has 0 atom stereocenters. The number of hydrogen-bond donors (Lipinski definition) is 0. The minimum atomic E-state index is -0.390. The number of piperazine rings is 1. The van der Waals surface area contributed by atoms with Crippen molar-refractivity contribution < 1.29 is 4.79 Å². The lowest BCUT2D eigenvalue weighted by Crippen LogP contribution is -2.43. The summed E-state index contributed by atoms with van der Waals surface area (Å²) in [6.45, 7) is 5.39. The largest absolute Gasteiger partial charge is 0.304 e. The van der Waals surface area contributed by atoms with E-state index in [-0.39, 0.29) is 5.24 Å². The molecule has 1 aliphatic heterocycles. The van der Waals surface area contributed by atoms with Crippen molar-refractivity contribution in [2.75, 3.05) is 33.2 Å². The average molecular weight is 379 g/mol. The van der Waals surface area contributed by atoms with Crippen LogP contribution in [-0.4, -0.2) is 48.3 Å². The molecule has 98 valence electrons. The first-order valence-electron chi connectivity index (χ1n) is 5.95. The third kappa shape index (κ3) is 3.66. The van der Waals surface area contributed by atoms with Crippen molar-refractivity contribution in [3.8, 4) is 0 Å². The summed E-state index contributed by atoms with van der Waals surface area (Å²) in [7, 11) is 2.15. The van der Waals surface area contributed by atoms with Crippen molar-refractivity contribution in [2.24, 2.45) is 0 Å². The summed E-state index contributed by atoms with van der Waals surface area (Å²) in [6.07, 6.45) is 0. The topological polar surface area (TPSA) is 23.6 Å². The Morgan fingerprint density at radius 1 is 1.33 bits per heavy atom. The van der Waals surface area contributed by atoms with Crippen LogP contribution in [0.5, 0.6) is 0 Å². The first-order valence-corrected chi connectivity index (χ1v) is 7.41. The number of benzene rings is 1. The van der Waals surface area contributed by atoms with E-state index in [1.807, 2.05) is 18.2 Å². The van der Waals surface area contributed by atoms with Crippen LogP contribution in [0.2, 0.25) is 0 Å². The summed E-state index contributed by atoms with van der Waals surface area (Å²) in [5.74, 6) is 0. The molecule has 1 saturated heterocycles. The summed E-state index contributed by atoms with van der Waals surface area (Å²) in [5.41, 5.74) is 1.84. The highest BCUT2D eigenvalue weighted by molar-refractivity contribution is 14.1. The molecule has 18 heavy (non-hydrogen) atoms. The molecule has 1 heterocycles. The van der Waals surface area contributed by atoms with Crippen LogP contribution in [0.25, 0.3) is 0 Å². The molecule has 0 bridgehead atoms. The number of hydrogen-bond acceptors (Lipinski definition) is 3. The minimum Gasteiger partial charge on any atom is -0.304 e. The van der Waals surface area contributed by atoms with E-state index in [9.17, 15) is 4.79 Å². The molecular weight excluding hydrogens is 363 g/mol. The van der Waals surface area contributed by atoms with Crippen molar-refractivity contribution in [1.82, 2.24) is 9.80 Å². The van der Waals surface area contributed by atoms with Crippen LogP contribution >= 0.6 is 34.2 Å². The molecule has 5 heteroatoms. The zero-order valence-electron chi connectivity index (χ0n) is 10.3. The van der Waals surface area contributed by atoms with Gasteiger partial charge in [0, 0.05) is 41.9 Å². The molecule has 0 aliphatic carbocycles. The Labute approximate surface area is 126 Å².